The summed E-state index contributed by atoms with van der Waals surface area (Å²) in [4.78, 5) is 0. The first-order valence-corrected chi connectivity index (χ1v) is 8.75. The van der Waals surface area contributed by atoms with Crippen molar-refractivity contribution in [2.24, 2.45) is 0 Å². The van der Waals surface area contributed by atoms with Gasteiger partial charge in [0.05, 0.1) is 6.04 Å². The number of hydrogen-bond donors (Lipinski definition) is 1. The van der Waals surface area contributed by atoms with Crippen molar-refractivity contribution in [2.45, 2.75) is 6.04 Å². The predicted molar refractivity (Wildman–Crippen MR) is 94.6 cm³/mol. The number of hydrogen-bond acceptors (Lipinski definition) is 2. The van der Waals surface area contributed by atoms with Crippen LogP contribution < -0.4 is 5.32 Å². The van der Waals surface area contributed by atoms with Crippen LogP contribution >= 0.6 is 43.2 Å². The minimum absolute atomic E-state index is 0.179. The molecule has 0 spiro atoms. The molecule has 0 bridgehead atoms. The van der Waals surface area contributed by atoms with E-state index in [1.54, 1.807) is 11.3 Å². The molecule has 3 aromatic rings. The molecule has 0 aliphatic rings. The second kappa shape index (κ2) is 5.98. The van der Waals surface area contributed by atoms with E-state index in [0.29, 0.717) is 0 Å². The summed E-state index contributed by atoms with van der Waals surface area (Å²) >= 11 is 9.02. The molecule has 1 atom stereocenters. The van der Waals surface area contributed by atoms with Gasteiger partial charge in [0.1, 0.15) is 0 Å². The number of nitrogens with one attached hydrogen (secondary N) is 1. The molecule has 1 aromatic heterocycles. The van der Waals surface area contributed by atoms with Crippen LogP contribution in [0.2, 0.25) is 0 Å². The van der Waals surface area contributed by atoms with Gasteiger partial charge in [0, 0.05) is 13.6 Å². The third-order valence-corrected chi connectivity index (χ3v) is 5.58. The molecule has 0 aliphatic carbocycles. The van der Waals surface area contributed by atoms with Crippen LogP contribution in [0.1, 0.15) is 17.2 Å². The predicted octanol–water partition coefficient (Wildman–Crippen LogP) is 5.74. The van der Waals surface area contributed by atoms with Crippen LogP contribution in [0.25, 0.3) is 10.1 Å². The standard InChI is InChI=1S/C16H13Br2NS/c1-19-16(12-8-10(17)6-7-14(12)18)13-9-20-15-5-3-2-4-11(13)15/h2-9,16,19H,1H3. The first-order chi connectivity index (χ1) is 9.70. The number of benzene rings is 2. The quantitative estimate of drug-likeness (QED) is 0.580. The highest BCUT2D eigenvalue weighted by Crippen LogP contribution is 2.36. The second-order valence-corrected chi connectivity index (χ2v) is 7.26. The Kier molecular flexibility index (Phi) is 4.26. The Balaban J connectivity index is 2.16. The van der Waals surface area contributed by atoms with Crippen LogP contribution in [0.3, 0.4) is 0 Å². The van der Waals surface area contributed by atoms with E-state index in [2.05, 4.69) is 79.0 Å². The van der Waals surface area contributed by atoms with Gasteiger partial charge in [0.15, 0.2) is 0 Å². The molecule has 0 saturated heterocycles. The van der Waals surface area contributed by atoms with Crippen molar-refractivity contribution >= 4 is 53.3 Å². The fourth-order valence-electron chi connectivity index (χ4n) is 2.44. The lowest BCUT2D eigenvalue weighted by molar-refractivity contribution is 0.695. The van der Waals surface area contributed by atoms with Crippen LogP contribution in [0.15, 0.2) is 56.8 Å². The van der Waals surface area contributed by atoms with E-state index >= 15 is 0 Å². The van der Waals surface area contributed by atoms with Gasteiger partial charge in [0.25, 0.3) is 0 Å². The maximum Gasteiger partial charge on any atom is 0.0600 e. The number of rotatable bonds is 3. The average Bonchev–Trinajstić information content (AvgIpc) is 2.88. The third-order valence-electron chi connectivity index (χ3n) is 3.38. The molecule has 1 N–H and O–H groups in total. The monoisotopic (exact) mass is 409 g/mol. The fraction of sp³-hybridized carbons (Fsp3) is 0.125. The highest BCUT2D eigenvalue weighted by atomic mass is 79.9. The van der Waals surface area contributed by atoms with Gasteiger partial charge in [-0.25, -0.2) is 0 Å². The molecule has 3 rings (SSSR count). The van der Waals surface area contributed by atoms with E-state index in [0.717, 1.165) is 8.95 Å². The molecule has 1 nitrogen and oxygen atoms in total. The van der Waals surface area contributed by atoms with E-state index in [1.165, 1.54) is 21.2 Å². The number of thiophene rings is 1. The summed E-state index contributed by atoms with van der Waals surface area (Å²) in [5.41, 5.74) is 2.57. The number of halogens is 2. The Labute approximate surface area is 139 Å². The molecule has 0 radical (unpaired) electrons. The molecule has 20 heavy (non-hydrogen) atoms. The topological polar surface area (TPSA) is 12.0 Å². The van der Waals surface area contributed by atoms with Crippen LogP contribution in [-0.2, 0) is 0 Å². The third kappa shape index (κ3) is 2.58. The summed E-state index contributed by atoms with van der Waals surface area (Å²) in [5.74, 6) is 0. The van der Waals surface area contributed by atoms with Gasteiger partial charge >= 0.3 is 0 Å². The first kappa shape index (κ1) is 14.3. The summed E-state index contributed by atoms with van der Waals surface area (Å²) in [7, 11) is 2.00. The number of fused-ring (bicyclic) bond motifs is 1. The molecule has 1 heterocycles. The highest BCUT2D eigenvalue weighted by molar-refractivity contribution is 9.11. The van der Waals surface area contributed by atoms with E-state index in [1.807, 2.05) is 13.1 Å². The smallest absolute Gasteiger partial charge is 0.0600 e. The van der Waals surface area contributed by atoms with Gasteiger partial charge in [0.2, 0.25) is 0 Å². The minimum atomic E-state index is 0.179. The molecule has 0 fully saturated rings. The van der Waals surface area contributed by atoms with Crippen molar-refractivity contribution in [3.8, 4) is 0 Å². The fourth-order valence-corrected chi connectivity index (χ4v) is 4.28. The first-order valence-electron chi connectivity index (χ1n) is 6.29. The minimum Gasteiger partial charge on any atom is -0.309 e. The van der Waals surface area contributed by atoms with E-state index in [9.17, 15) is 0 Å². The van der Waals surface area contributed by atoms with Gasteiger partial charge in [-0.2, -0.15) is 0 Å². The molecule has 1 unspecified atom stereocenters. The van der Waals surface area contributed by atoms with Crippen LogP contribution in [0, 0.1) is 0 Å². The Hall–Kier alpha value is -0.680. The van der Waals surface area contributed by atoms with E-state index < -0.39 is 0 Å². The van der Waals surface area contributed by atoms with Crippen molar-refractivity contribution < 1.29 is 0 Å². The Morgan fingerprint density at radius 1 is 1.05 bits per heavy atom. The molecular weight excluding hydrogens is 398 g/mol. The highest BCUT2D eigenvalue weighted by Gasteiger charge is 2.18. The Bertz CT molecular complexity index is 751. The van der Waals surface area contributed by atoms with E-state index in [4.69, 9.17) is 0 Å². The van der Waals surface area contributed by atoms with Crippen LogP contribution in [0.4, 0.5) is 0 Å². The van der Waals surface area contributed by atoms with Crippen molar-refractivity contribution in [1.82, 2.24) is 5.32 Å². The Morgan fingerprint density at radius 3 is 2.65 bits per heavy atom. The van der Waals surface area contributed by atoms with Crippen molar-refractivity contribution in [3.05, 3.63) is 67.9 Å². The Morgan fingerprint density at radius 2 is 1.85 bits per heavy atom. The van der Waals surface area contributed by atoms with Crippen molar-refractivity contribution in [2.75, 3.05) is 7.05 Å². The maximum absolute atomic E-state index is 3.66. The van der Waals surface area contributed by atoms with Gasteiger partial charge in [-0.05, 0) is 53.2 Å². The van der Waals surface area contributed by atoms with Gasteiger partial charge in [-0.3, -0.25) is 0 Å². The SMILES string of the molecule is CNC(c1cc(Br)ccc1Br)c1csc2ccccc12. The van der Waals surface area contributed by atoms with Crippen LogP contribution in [-0.4, -0.2) is 7.05 Å². The molecule has 0 amide bonds. The molecular formula is C16H13Br2NS. The normalized spacial score (nSPS) is 12.8. The largest absolute Gasteiger partial charge is 0.309 e. The van der Waals surface area contributed by atoms with Crippen molar-refractivity contribution in [1.29, 1.82) is 0 Å². The van der Waals surface area contributed by atoms with E-state index in [-0.39, 0.29) is 6.04 Å². The van der Waals surface area contributed by atoms with Gasteiger partial charge in [-0.1, -0.05) is 50.1 Å². The lowest BCUT2D eigenvalue weighted by Crippen LogP contribution is -2.17. The summed E-state index contributed by atoms with van der Waals surface area (Å²) < 4.78 is 3.54. The summed E-state index contributed by atoms with van der Waals surface area (Å²) in [6, 6.07) is 15.0. The molecule has 0 aliphatic heterocycles. The molecule has 0 saturated carbocycles. The zero-order valence-electron chi connectivity index (χ0n) is 10.9. The maximum atomic E-state index is 3.66. The summed E-state index contributed by atoms with van der Waals surface area (Å²) in [6.07, 6.45) is 0. The van der Waals surface area contributed by atoms with Gasteiger partial charge in [-0.15, -0.1) is 11.3 Å². The summed E-state index contributed by atoms with van der Waals surface area (Å²) in [5, 5.41) is 7.01. The molecule has 4 heteroatoms. The lowest BCUT2D eigenvalue weighted by atomic mass is 9.98. The zero-order chi connectivity index (χ0) is 14.1. The molecule has 102 valence electrons. The van der Waals surface area contributed by atoms with Crippen molar-refractivity contribution in [3.63, 3.8) is 0 Å². The van der Waals surface area contributed by atoms with Crippen LogP contribution in [0.5, 0.6) is 0 Å². The van der Waals surface area contributed by atoms with Gasteiger partial charge < -0.3 is 5.32 Å². The lowest BCUT2D eigenvalue weighted by Gasteiger charge is -2.18. The second-order valence-electron chi connectivity index (χ2n) is 4.57. The molecule has 2 aromatic carbocycles. The summed E-state index contributed by atoms with van der Waals surface area (Å²) in [6.45, 7) is 0. The average molecular weight is 411 g/mol. The zero-order valence-corrected chi connectivity index (χ0v) is 14.8.